The zero-order valence-corrected chi connectivity index (χ0v) is 11.4. The normalized spacial score (nSPS) is 22.4. The number of methoxy groups -OCH3 is 1. The number of hydrogen-bond acceptors (Lipinski definition) is 4. The molecule has 1 unspecified atom stereocenters. The fourth-order valence-electron chi connectivity index (χ4n) is 2.19. The maximum absolute atomic E-state index is 12.1. The Morgan fingerprint density at radius 2 is 2.37 bits per heavy atom. The Labute approximate surface area is 113 Å². The third-order valence-electron chi connectivity index (χ3n) is 3.52. The molecule has 1 heterocycles. The zero-order valence-electron chi connectivity index (χ0n) is 11.4. The van der Waals surface area contributed by atoms with Gasteiger partial charge in [0.2, 0.25) is 0 Å². The van der Waals surface area contributed by atoms with Crippen LogP contribution in [0.15, 0.2) is 18.2 Å². The van der Waals surface area contributed by atoms with Gasteiger partial charge in [0, 0.05) is 32.4 Å². The summed E-state index contributed by atoms with van der Waals surface area (Å²) in [6.07, 6.45) is 0.785. The van der Waals surface area contributed by atoms with Crippen molar-refractivity contribution >= 4 is 11.6 Å². The van der Waals surface area contributed by atoms with E-state index in [1.54, 1.807) is 19.2 Å². The van der Waals surface area contributed by atoms with Crippen molar-refractivity contribution < 1.29 is 14.3 Å². The third kappa shape index (κ3) is 3.05. The predicted molar refractivity (Wildman–Crippen MR) is 73.1 cm³/mol. The van der Waals surface area contributed by atoms with Gasteiger partial charge in [-0.05, 0) is 24.6 Å². The van der Waals surface area contributed by atoms with Crippen molar-refractivity contribution in [2.45, 2.75) is 18.9 Å². The zero-order chi connectivity index (χ0) is 13.9. The molecule has 0 saturated carbocycles. The van der Waals surface area contributed by atoms with E-state index in [1.165, 1.54) is 0 Å². The summed E-state index contributed by atoms with van der Waals surface area (Å²) in [6, 6.07) is 5.40. The maximum atomic E-state index is 12.1. The molecule has 5 nitrogen and oxygen atoms in total. The first-order valence-corrected chi connectivity index (χ1v) is 6.33. The number of carbonyl (C=O) groups excluding carboxylic acids is 1. The summed E-state index contributed by atoms with van der Waals surface area (Å²) in [7, 11) is 1.64. The van der Waals surface area contributed by atoms with Gasteiger partial charge in [0.25, 0.3) is 5.91 Å². The lowest BCUT2D eigenvalue weighted by atomic mass is 10.0. The molecule has 0 radical (unpaired) electrons. The second-order valence-corrected chi connectivity index (χ2v) is 4.96. The van der Waals surface area contributed by atoms with Gasteiger partial charge in [0.1, 0.15) is 5.60 Å². The average molecular weight is 264 g/mol. The van der Waals surface area contributed by atoms with Crippen LogP contribution in [0.1, 0.15) is 22.3 Å². The van der Waals surface area contributed by atoms with E-state index in [-0.39, 0.29) is 5.91 Å². The van der Waals surface area contributed by atoms with Crippen molar-refractivity contribution in [2.75, 3.05) is 32.6 Å². The number of nitrogen functional groups attached to an aromatic ring is 1. The van der Waals surface area contributed by atoms with Gasteiger partial charge >= 0.3 is 0 Å². The number of aryl methyl sites for hydroxylation is 1. The van der Waals surface area contributed by atoms with Gasteiger partial charge in [0.15, 0.2) is 0 Å². The Bertz CT molecular complexity index is 468. The van der Waals surface area contributed by atoms with Crippen LogP contribution in [-0.4, -0.2) is 38.4 Å². The van der Waals surface area contributed by atoms with E-state index in [9.17, 15) is 4.79 Å². The molecular weight excluding hydrogens is 244 g/mol. The predicted octanol–water partition coefficient (Wildman–Crippen LogP) is 1.11. The first kappa shape index (κ1) is 13.8. The second-order valence-electron chi connectivity index (χ2n) is 4.96. The highest BCUT2D eigenvalue weighted by Crippen LogP contribution is 2.22. The summed E-state index contributed by atoms with van der Waals surface area (Å²) in [4.78, 5) is 12.1. The van der Waals surface area contributed by atoms with Gasteiger partial charge in [-0.1, -0.05) is 6.07 Å². The highest BCUT2D eigenvalue weighted by molar-refractivity contribution is 5.99. The van der Waals surface area contributed by atoms with Crippen LogP contribution in [0.3, 0.4) is 0 Å². The fraction of sp³-hybridized carbons (Fsp3) is 0.500. The fourth-order valence-corrected chi connectivity index (χ4v) is 2.19. The molecule has 0 aromatic heterocycles. The number of rotatable bonds is 4. The Kier molecular flexibility index (Phi) is 4.07. The molecule has 0 aliphatic carbocycles. The van der Waals surface area contributed by atoms with E-state index >= 15 is 0 Å². The first-order valence-electron chi connectivity index (χ1n) is 6.33. The number of nitrogens with two attached hydrogens (primary N) is 1. The molecule has 0 bridgehead atoms. The smallest absolute Gasteiger partial charge is 0.253 e. The van der Waals surface area contributed by atoms with Crippen molar-refractivity contribution in [3.8, 4) is 0 Å². The minimum absolute atomic E-state index is 0.180. The Hall–Kier alpha value is -1.59. The topological polar surface area (TPSA) is 73.6 Å². The lowest BCUT2D eigenvalue weighted by Gasteiger charge is -2.26. The third-order valence-corrected chi connectivity index (χ3v) is 3.52. The SMILES string of the molecule is COC1(CNC(=O)c2ccc(C)cc2N)CCOC1. The summed E-state index contributed by atoms with van der Waals surface area (Å²) < 4.78 is 10.8. The maximum Gasteiger partial charge on any atom is 0.253 e. The van der Waals surface area contributed by atoms with Crippen molar-refractivity contribution in [3.63, 3.8) is 0 Å². The number of amides is 1. The van der Waals surface area contributed by atoms with Crippen LogP contribution in [0.4, 0.5) is 5.69 Å². The van der Waals surface area contributed by atoms with Crippen LogP contribution in [0, 0.1) is 6.92 Å². The minimum Gasteiger partial charge on any atom is -0.398 e. The molecule has 0 spiro atoms. The van der Waals surface area contributed by atoms with Crippen LogP contribution < -0.4 is 11.1 Å². The van der Waals surface area contributed by atoms with Crippen molar-refractivity contribution in [2.24, 2.45) is 0 Å². The van der Waals surface area contributed by atoms with Gasteiger partial charge in [0.05, 0.1) is 12.2 Å². The summed E-state index contributed by atoms with van der Waals surface area (Å²) >= 11 is 0. The molecule has 3 N–H and O–H groups in total. The van der Waals surface area contributed by atoms with Crippen molar-refractivity contribution in [1.29, 1.82) is 0 Å². The summed E-state index contributed by atoms with van der Waals surface area (Å²) in [5.41, 5.74) is 7.47. The standard InChI is InChI=1S/C14H20N2O3/c1-10-3-4-11(12(15)7-10)13(17)16-8-14(18-2)5-6-19-9-14/h3-4,7H,5-6,8-9,15H2,1-2H3,(H,16,17). The quantitative estimate of drug-likeness (QED) is 0.799. The Morgan fingerprint density at radius 1 is 1.58 bits per heavy atom. The molecule has 1 amide bonds. The van der Waals surface area contributed by atoms with Gasteiger partial charge in [-0.15, -0.1) is 0 Å². The van der Waals surface area contributed by atoms with E-state index in [1.807, 2.05) is 13.0 Å². The molecular formula is C14H20N2O3. The Balaban J connectivity index is 2.01. The number of nitrogens with one attached hydrogen (secondary N) is 1. The second kappa shape index (κ2) is 5.59. The average Bonchev–Trinajstić information content (AvgIpc) is 2.85. The van der Waals surface area contributed by atoms with E-state index in [4.69, 9.17) is 15.2 Å². The van der Waals surface area contributed by atoms with E-state index in [2.05, 4.69) is 5.32 Å². The van der Waals surface area contributed by atoms with Gasteiger partial charge in [-0.25, -0.2) is 0 Å². The number of hydrogen-bond donors (Lipinski definition) is 2. The molecule has 2 rings (SSSR count). The van der Waals surface area contributed by atoms with Crippen molar-refractivity contribution in [1.82, 2.24) is 5.32 Å². The molecule has 5 heteroatoms. The summed E-state index contributed by atoms with van der Waals surface area (Å²) in [5.74, 6) is -0.180. The van der Waals surface area contributed by atoms with Gasteiger partial charge < -0.3 is 20.5 Å². The lowest BCUT2D eigenvalue weighted by molar-refractivity contribution is -0.0148. The van der Waals surface area contributed by atoms with E-state index < -0.39 is 5.60 Å². The molecule has 1 atom stereocenters. The van der Waals surface area contributed by atoms with Crippen LogP contribution >= 0.6 is 0 Å². The number of ether oxygens (including phenoxy) is 2. The number of carbonyl (C=O) groups is 1. The van der Waals surface area contributed by atoms with Crippen LogP contribution in [0.5, 0.6) is 0 Å². The molecule has 19 heavy (non-hydrogen) atoms. The van der Waals surface area contributed by atoms with Crippen LogP contribution in [0.2, 0.25) is 0 Å². The number of benzene rings is 1. The highest BCUT2D eigenvalue weighted by atomic mass is 16.5. The van der Waals surface area contributed by atoms with Crippen LogP contribution in [0.25, 0.3) is 0 Å². The molecule has 104 valence electrons. The van der Waals surface area contributed by atoms with Crippen LogP contribution in [-0.2, 0) is 9.47 Å². The largest absolute Gasteiger partial charge is 0.398 e. The lowest BCUT2D eigenvalue weighted by Crippen LogP contribution is -2.45. The molecule has 1 aromatic carbocycles. The monoisotopic (exact) mass is 264 g/mol. The van der Waals surface area contributed by atoms with Gasteiger partial charge in [-0.3, -0.25) is 4.79 Å². The summed E-state index contributed by atoms with van der Waals surface area (Å²) in [6.45, 7) is 3.53. The molecule has 1 fully saturated rings. The van der Waals surface area contributed by atoms with Gasteiger partial charge in [-0.2, -0.15) is 0 Å². The van der Waals surface area contributed by atoms with Crippen molar-refractivity contribution in [3.05, 3.63) is 29.3 Å². The molecule has 1 saturated heterocycles. The molecule has 1 aliphatic heterocycles. The number of anilines is 1. The minimum atomic E-state index is -0.408. The summed E-state index contributed by atoms with van der Waals surface area (Å²) in [5, 5.41) is 2.87. The van der Waals surface area contributed by atoms with E-state index in [0.717, 1.165) is 12.0 Å². The first-order chi connectivity index (χ1) is 9.06. The highest BCUT2D eigenvalue weighted by Gasteiger charge is 2.35. The molecule has 1 aliphatic rings. The molecule has 1 aromatic rings. The van der Waals surface area contributed by atoms with E-state index in [0.29, 0.717) is 31.0 Å². The Morgan fingerprint density at radius 3 is 2.95 bits per heavy atom.